The fourth-order valence-corrected chi connectivity index (χ4v) is 5.00. The Morgan fingerprint density at radius 3 is 2.48 bits per heavy atom. The first kappa shape index (κ1) is 24.8. The lowest BCUT2D eigenvalue weighted by molar-refractivity contribution is -0.154. The largest absolute Gasteiger partial charge is 0.492 e. The van der Waals surface area contributed by atoms with E-state index in [1.54, 1.807) is 19.1 Å². The molecule has 0 saturated carbocycles. The lowest BCUT2D eigenvalue weighted by Gasteiger charge is -2.24. The van der Waals surface area contributed by atoms with Crippen molar-refractivity contribution in [3.63, 3.8) is 0 Å². The Balaban J connectivity index is 0.000000709. The molecule has 2 aromatic carbocycles. The molecule has 0 radical (unpaired) electrons. The van der Waals surface area contributed by atoms with Crippen LogP contribution >= 0.6 is 0 Å². The smallest absolute Gasteiger partial charge is 0.379 e. The molecule has 4 rings (SSSR count). The van der Waals surface area contributed by atoms with Crippen molar-refractivity contribution >= 4 is 16.1 Å². The van der Waals surface area contributed by atoms with Crippen LogP contribution in [0.25, 0.3) is 11.1 Å². The van der Waals surface area contributed by atoms with E-state index in [-0.39, 0.29) is 19.0 Å². The van der Waals surface area contributed by atoms with Gasteiger partial charge in [0, 0.05) is 17.7 Å². The van der Waals surface area contributed by atoms with Crippen molar-refractivity contribution in [1.29, 1.82) is 0 Å². The first-order valence-electron chi connectivity index (χ1n) is 10.0. The molecular formula is C22H23F3O7S. The maximum atomic E-state index is 12.9. The van der Waals surface area contributed by atoms with Crippen LogP contribution in [0.3, 0.4) is 0 Å². The van der Waals surface area contributed by atoms with Crippen molar-refractivity contribution in [3.05, 3.63) is 47.0 Å². The highest BCUT2D eigenvalue weighted by Crippen LogP contribution is 2.44. The third kappa shape index (κ3) is 5.25. The van der Waals surface area contributed by atoms with Crippen LogP contribution in [-0.2, 0) is 30.8 Å². The Morgan fingerprint density at radius 2 is 1.85 bits per heavy atom. The van der Waals surface area contributed by atoms with Crippen LogP contribution in [-0.4, -0.2) is 46.6 Å². The molecule has 0 aromatic heterocycles. The van der Waals surface area contributed by atoms with Crippen LogP contribution in [0, 0.1) is 6.92 Å². The number of aryl methyl sites for hydroxylation is 1. The number of ether oxygens (including phenoxy) is 3. The Labute approximate surface area is 189 Å². The van der Waals surface area contributed by atoms with Gasteiger partial charge in [-0.1, -0.05) is 12.1 Å². The SMILES string of the molecule is CCOC(C(=O)OC)c1c(C)ccc2c1-c1ccc3c(c1)CC(CO3)S(=O)(=O)O2.FC(F)F. The van der Waals surface area contributed by atoms with Gasteiger partial charge in [-0.05, 0) is 55.2 Å². The normalized spacial score (nSPS) is 18.3. The number of hydrogen-bond donors (Lipinski definition) is 0. The summed E-state index contributed by atoms with van der Waals surface area (Å²) >= 11 is 0. The topological polar surface area (TPSA) is 88.1 Å². The van der Waals surface area contributed by atoms with Gasteiger partial charge in [-0.2, -0.15) is 21.6 Å². The maximum Gasteiger partial charge on any atom is 0.379 e. The lowest BCUT2D eigenvalue weighted by atomic mass is 9.89. The Bertz CT molecular complexity index is 1130. The van der Waals surface area contributed by atoms with Crippen molar-refractivity contribution in [2.24, 2.45) is 0 Å². The molecule has 0 aliphatic carbocycles. The number of rotatable bonds is 4. The number of hydrogen-bond acceptors (Lipinski definition) is 7. The molecule has 11 heteroatoms. The second-order valence-electron chi connectivity index (χ2n) is 7.31. The van der Waals surface area contributed by atoms with Crippen molar-refractivity contribution in [1.82, 2.24) is 0 Å². The van der Waals surface area contributed by atoms with E-state index in [2.05, 4.69) is 0 Å². The van der Waals surface area contributed by atoms with Gasteiger partial charge in [-0.3, -0.25) is 0 Å². The van der Waals surface area contributed by atoms with Gasteiger partial charge in [0.1, 0.15) is 17.6 Å². The second kappa shape index (κ2) is 10.0. The van der Waals surface area contributed by atoms with Crippen molar-refractivity contribution in [2.75, 3.05) is 20.3 Å². The molecule has 0 amide bonds. The van der Waals surface area contributed by atoms with Crippen LogP contribution in [0.1, 0.15) is 29.7 Å². The summed E-state index contributed by atoms with van der Waals surface area (Å²) in [5.74, 6) is 0.257. The average molecular weight is 488 g/mol. The summed E-state index contributed by atoms with van der Waals surface area (Å²) in [7, 11) is -2.65. The average Bonchev–Trinajstić information content (AvgIpc) is 2.77. The fraction of sp³-hybridized carbons (Fsp3) is 0.409. The Morgan fingerprint density at radius 1 is 1.18 bits per heavy atom. The first-order valence-corrected chi connectivity index (χ1v) is 11.5. The zero-order chi connectivity index (χ0) is 24.3. The van der Waals surface area contributed by atoms with Gasteiger partial charge in [0.05, 0.1) is 7.11 Å². The minimum absolute atomic E-state index is 0.0342. The number of fused-ring (bicyclic) bond motifs is 4. The van der Waals surface area contributed by atoms with Crippen LogP contribution in [0.4, 0.5) is 13.2 Å². The molecule has 7 nitrogen and oxygen atoms in total. The van der Waals surface area contributed by atoms with Crippen molar-refractivity contribution in [3.8, 4) is 22.6 Å². The minimum Gasteiger partial charge on any atom is -0.492 e. The summed E-state index contributed by atoms with van der Waals surface area (Å²) in [6.45, 7) is 0.265. The van der Waals surface area contributed by atoms with E-state index in [0.29, 0.717) is 23.3 Å². The standard InChI is InChI=1S/C21H22O7S.CHF3/c1-4-26-20(21(22)25-3)18-12(2)5-7-17-19(18)13-6-8-16-14(9-13)10-15(11-27-16)29(23,24)28-17;2-1(3)4/h5-9,15,20H,4,10-11H2,1-3H3;1H. The van der Waals surface area contributed by atoms with E-state index in [4.69, 9.17) is 18.4 Å². The number of esters is 1. The Kier molecular flexibility index (Phi) is 7.53. The van der Waals surface area contributed by atoms with Crippen LogP contribution in [0.15, 0.2) is 30.3 Å². The molecule has 0 spiro atoms. The van der Waals surface area contributed by atoms with E-state index in [1.807, 2.05) is 25.1 Å². The zero-order valence-corrected chi connectivity index (χ0v) is 19.0. The molecule has 2 atom stereocenters. The van der Waals surface area contributed by atoms with E-state index in [9.17, 15) is 26.4 Å². The molecule has 2 aliphatic heterocycles. The number of carbonyl (C=O) groups is 1. The highest BCUT2D eigenvalue weighted by atomic mass is 32.2. The third-order valence-corrected chi connectivity index (χ3v) is 6.80. The molecule has 2 aromatic rings. The number of alkyl halides is 3. The van der Waals surface area contributed by atoms with Crippen molar-refractivity contribution < 1.29 is 44.8 Å². The summed E-state index contributed by atoms with van der Waals surface area (Å²) in [6, 6.07) is 8.89. The highest BCUT2D eigenvalue weighted by Gasteiger charge is 2.37. The minimum atomic E-state index is -3.94. The van der Waals surface area contributed by atoms with Gasteiger partial charge in [0.25, 0.3) is 0 Å². The molecule has 0 fully saturated rings. The maximum absolute atomic E-state index is 12.9. The van der Waals surface area contributed by atoms with Gasteiger partial charge in [-0.25, -0.2) is 4.79 Å². The molecule has 3 bridgehead atoms. The molecule has 2 heterocycles. The molecular weight excluding hydrogens is 465 g/mol. The van der Waals surface area contributed by atoms with Gasteiger partial charge < -0.3 is 18.4 Å². The van der Waals surface area contributed by atoms with E-state index < -0.39 is 34.1 Å². The lowest BCUT2D eigenvalue weighted by Crippen LogP contribution is -2.36. The predicted molar refractivity (Wildman–Crippen MR) is 113 cm³/mol. The number of benzene rings is 2. The van der Waals surface area contributed by atoms with E-state index >= 15 is 0 Å². The molecule has 0 saturated heterocycles. The summed E-state index contributed by atoms with van der Waals surface area (Å²) < 4.78 is 76.7. The number of carbonyl (C=O) groups excluding carboxylic acids is 1. The quantitative estimate of drug-likeness (QED) is 0.473. The monoisotopic (exact) mass is 488 g/mol. The summed E-state index contributed by atoms with van der Waals surface area (Å²) in [5, 5.41) is -0.802. The molecule has 2 aliphatic rings. The Hall–Kier alpha value is -2.79. The predicted octanol–water partition coefficient (Wildman–Crippen LogP) is 4.12. The highest BCUT2D eigenvalue weighted by molar-refractivity contribution is 7.87. The van der Waals surface area contributed by atoms with Gasteiger partial charge in [-0.15, -0.1) is 0 Å². The van der Waals surface area contributed by atoms with Gasteiger partial charge in [0.15, 0.2) is 11.9 Å². The fourth-order valence-electron chi connectivity index (χ4n) is 3.85. The second-order valence-corrected chi connectivity index (χ2v) is 9.13. The zero-order valence-electron chi connectivity index (χ0n) is 18.1. The number of halogens is 3. The molecule has 33 heavy (non-hydrogen) atoms. The van der Waals surface area contributed by atoms with Crippen molar-refractivity contribution in [2.45, 2.75) is 38.3 Å². The van der Waals surface area contributed by atoms with E-state index in [1.165, 1.54) is 7.11 Å². The van der Waals surface area contributed by atoms with Gasteiger partial charge >= 0.3 is 22.8 Å². The summed E-state index contributed by atoms with van der Waals surface area (Å²) in [6.07, 6.45) is -0.702. The summed E-state index contributed by atoms with van der Waals surface area (Å²) in [4.78, 5) is 12.5. The first-order chi connectivity index (χ1) is 15.6. The molecule has 0 N–H and O–H groups in total. The molecule has 180 valence electrons. The van der Waals surface area contributed by atoms with Crippen LogP contribution in [0.2, 0.25) is 0 Å². The summed E-state index contributed by atoms with van der Waals surface area (Å²) in [5.41, 5.74) is 3.32. The molecule has 2 unspecified atom stereocenters. The van der Waals surface area contributed by atoms with Crippen LogP contribution in [0.5, 0.6) is 11.5 Å². The van der Waals surface area contributed by atoms with Gasteiger partial charge in [0.2, 0.25) is 0 Å². The third-order valence-electron chi connectivity index (χ3n) is 5.27. The van der Waals surface area contributed by atoms with Crippen LogP contribution < -0.4 is 8.92 Å². The number of methoxy groups -OCH3 is 1. The van der Waals surface area contributed by atoms with E-state index in [0.717, 1.165) is 16.7 Å².